The number of carboxylic acid groups (broad SMARTS) is 2. The monoisotopic (exact) mass is 438 g/mol. The van der Waals surface area contributed by atoms with Gasteiger partial charge in [-0.15, -0.1) is 0 Å². The molecule has 0 aromatic heterocycles. The number of rotatable bonds is 4. The lowest BCUT2D eigenvalue weighted by molar-refractivity contribution is -0.122. The highest BCUT2D eigenvalue weighted by atomic mass is 79.9. The van der Waals surface area contributed by atoms with Crippen LogP contribution in [0.1, 0.15) is 46.4 Å². The highest BCUT2D eigenvalue weighted by Crippen LogP contribution is 2.44. The molecule has 0 radical (unpaired) electrons. The first kappa shape index (κ1) is 18.7. The maximum absolute atomic E-state index is 12.1. The van der Waals surface area contributed by atoms with Crippen molar-refractivity contribution in [2.75, 3.05) is 9.80 Å². The number of aromatic carboxylic acids is 2. The summed E-state index contributed by atoms with van der Waals surface area (Å²) in [6.45, 7) is 0. The number of nitrogens with zero attached hydrogens (tertiary/aromatic N) is 2. The Morgan fingerprint density at radius 3 is 1.30 bits per heavy atom. The van der Waals surface area contributed by atoms with Gasteiger partial charge < -0.3 is 10.2 Å². The Labute approximate surface area is 159 Å². The summed E-state index contributed by atoms with van der Waals surface area (Å²) in [5.74, 6) is -5.84. The summed E-state index contributed by atoms with van der Waals surface area (Å²) >= 11 is 3.03. The number of hydrogen-bond donors (Lipinski definition) is 2. The molecule has 3 rings (SSSR count). The van der Waals surface area contributed by atoms with Crippen molar-refractivity contribution >= 4 is 62.9 Å². The van der Waals surface area contributed by atoms with E-state index in [1.54, 1.807) is 0 Å². The van der Waals surface area contributed by atoms with Crippen LogP contribution in [0.3, 0.4) is 0 Å². The Morgan fingerprint density at radius 2 is 1.04 bits per heavy atom. The van der Waals surface area contributed by atoms with E-state index in [1.165, 1.54) is 0 Å². The summed E-state index contributed by atoms with van der Waals surface area (Å²) in [5, 5.41) is 19.0. The zero-order chi connectivity index (χ0) is 20.0. The highest BCUT2D eigenvalue weighted by Gasteiger charge is 2.41. The molecule has 0 unspecified atom stereocenters. The molecule has 2 aliphatic heterocycles. The third kappa shape index (κ3) is 2.89. The third-order valence-electron chi connectivity index (χ3n) is 4.23. The Kier molecular flexibility index (Phi) is 4.56. The van der Waals surface area contributed by atoms with Gasteiger partial charge in [0.25, 0.3) is 0 Å². The maximum atomic E-state index is 12.1. The number of halogens is 1. The molecule has 0 saturated carbocycles. The molecule has 11 heteroatoms. The molecule has 2 fully saturated rings. The van der Waals surface area contributed by atoms with Gasteiger partial charge in [0.15, 0.2) is 0 Å². The highest BCUT2D eigenvalue weighted by molar-refractivity contribution is 9.10. The molecule has 0 atom stereocenters. The van der Waals surface area contributed by atoms with Crippen molar-refractivity contribution < 1.29 is 39.0 Å². The van der Waals surface area contributed by atoms with Crippen LogP contribution < -0.4 is 9.80 Å². The van der Waals surface area contributed by atoms with Gasteiger partial charge in [-0.05, 0) is 22.0 Å². The first-order valence-corrected chi connectivity index (χ1v) is 8.49. The number of amides is 4. The van der Waals surface area contributed by atoms with E-state index in [9.17, 15) is 39.0 Å². The fourth-order valence-corrected chi connectivity index (χ4v) is 3.83. The number of hydrogen-bond acceptors (Lipinski definition) is 6. The summed E-state index contributed by atoms with van der Waals surface area (Å²) in [4.78, 5) is 73.1. The van der Waals surface area contributed by atoms with E-state index in [4.69, 9.17) is 0 Å². The van der Waals surface area contributed by atoms with Crippen LogP contribution in [0.25, 0.3) is 0 Å². The number of anilines is 2. The average molecular weight is 439 g/mol. The Balaban J connectivity index is 2.38. The quantitative estimate of drug-likeness (QED) is 0.664. The minimum Gasteiger partial charge on any atom is -0.478 e. The van der Waals surface area contributed by atoms with Crippen molar-refractivity contribution in [1.29, 1.82) is 0 Å². The number of benzene rings is 1. The smallest absolute Gasteiger partial charge is 0.337 e. The molecule has 0 bridgehead atoms. The lowest BCUT2D eigenvalue weighted by Crippen LogP contribution is -2.34. The van der Waals surface area contributed by atoms with E-state index < -0.39 is 58.1 Å². The van der Waals surface area contributed by atoms with Gasteiger partial charge in [0.1, 0.15) is 0 Å². The Bertz CT molecular complexity index is 850. The molecule has 2 aliphatic rings. The van der Waals surface area contributed by atoms with Crippen LogP contribution in [0.5, 0.6) is 0 Å². The van der Waals surface area contributed by atoms with Gasteiger partial charge in [-0.3, -0.25) is 19.2 Å². The molecule has 2 heterocycles. The van der Waals surface area contributed by atoms with Crippen molar-refractivity contribution in [1.82, 2.24) is 0 Å². The normalized spacial score (nSPS) is 17.2. The van der Waals surface area contributed by atoms with E-state index in [1.807, 2.05) is 0 Å². The zero-order valence-corrected chi connectivity index (χ0v) is 15.1. The van der Waals surface area contributed by atoms with Crippen LogP contribution in [0.2, 0.25) is 0 Å². The van der Waals surface area contributed by atoms with Crippen LogP contribution >= 0.6 is 15.9 Å². The van der Waals surface area contributed by atoms with Gasteiger partial charge in [0.05, 0.1) is 27.0 Å². The van der Waals surface area contributed by atoms with Crippen LogP contribution in [0.4, 0.5) is 11.4 Å². The molecular formula is C16H11BrN2O8. The van der Waals surface area contributed by atoms with E-state index in [2.05, 4.69) is 15.9 Å². The van der Waals surface area contributed by atoms with Crippen molar-refractivity contribution in [3.8, 4) is 0 Å². The van der Waals surface area contributed by atoms with Gasteiger partial charge in [0, 0.05) is 25.7 Å². The van der Waals surface area contributed by atoms with E-state index >= 15 is 0 Å². The third-order valence-corrected chi connectivity index (χ3v) is 4.98. The topological polar surface area (TPSA) is 149 Å². The number of carbonyl (C=O) groups is 6. The van der Waals surface area contributed by atoms with Gasteiger partial charge in [-0.1, -0.05) is 0 Å². The Morgan fingerprint density at radius 1 is 0.741 bits per heavy atom. The van der Waals surface area contributed by atoms with Crippen LogP contribution in [-0.2, 0) is 19.2 Å². The van der Waals surface area contributed by atoms with Crippen LogP contribution in [0, 0.1) is 0 Å². The molecule has 10 nitrogen and oxygen atoms in total. The Hall–Kier alpha value is -3.08. The van der Waals surface area contributed by atoms with Crippen LogP contribution in [0.15, 0.2) is 10.5 Å². The van der Waals surface area contributed by atoms with E-state index in [-0.39, 0.29) is 30.2 Å². The average Bonchev–Trinajstić information content (AvgIpc) is 3.09. The van der Waals surface area contributed by atoms with E-state index in [0.717, 1.165) is 6.07 Å². The lowest BCUT2D eigenvalue weighted by atomic mass is 10.0. The van der Waals surface area contributed by atoms with Crippen LogP contribution in [-0.4, -0.2) is 45.8 Å². The first-order valence-electron chi connectivity index (χ1n) is 7.69. The zero-order valence-electron chi connectivity index (χ0n) is 13.5. The van der Waals surface area contributed by atoms with Crippen molar-refractivity contribution in [2.45, 2.75) is 25.7 Å². The molecule has 27 heavy (non-hydrogen) atoms. The fraction of sp³-hybridized carbons (Fsp3) is 0.250. The number of carboxylic acids is 2. The summed E-state index contributed by atoms with van der Waals surface area (Å²) in [6, 6.07) is 0.734. The number of imide groups is 2. The number of carbonyl (C=O) groups excluding carboxylic acids is 4. The predicted molar refractivity (Wildman–Crippen MR) is 91.5 cm³/mol. The minimum atomic E-state index is -1.58. The lowest BCUT2D eigenvalue weighted by Gasteiger charge is -2.25. The predicted octanol–water partition coefficient (Wildman–Crippen LogP) is 1.15. The van der Waals surface area contributed by atoms with Gasteiger partial charge in [0.2, 0.25) is 23.6 Å². The maximum Gasteiger partial charge on any atom is 0.337 e. The molecular weight excluding hydrogens is 428 g/mol. The summed E-state index contributed by atoms with van der Waals surface area (Å²) in [6.07, 6.45) is -0.548. The van der Waals surface area contributed by atoms with Gasteiger partial charge in [-0.25, -0.2) is 19.4 Å². The SMILES string of the molecule is O=C(O)c1cc(C(=O)O)c(N2C(=O)CCC2=O)c(Br)c1N1C(=O)CCC1=O. The summed E-state index contributed by atoms with van der Waals surface area (Å²) in [5.41, 5.74) is -2.04. The molecule has 140 valence electrons. The molecule has 2 saturated heterocycles. The standard InChI is InChI=1S/C16H11BrN2O8/c17-12-13(18-8(20)1-2-9(18)21)6(15(24)25)5-7(16(26)27)14(12)19-10(22)3-4-11(19)23/h5H,1-4H2,(H,24,25)(H,26,27). The van der Waals surface area contributed by atoms with Crippen molar-refractivity contribution in [2.24, 2.45) is 0 Å². The second-order valence-corrected chi connectivity index (χ2v) is 6.63. The first-order chi connectivity index (χ1) is 12.6. The second-order valence-electron chi connectivity index (χ2n) is 5.84. The molecule has 4 amide bonds. The minimum absolute atomic E-state index is 0.137. The molecule has 1 aromatic rings. The summed E-state index contributed by atoms with van der Waals surface area (Å²) in [7, 11) is 0. The largest absolute Gasteiger partial charge is 0.478 e. The summed E-state index contributed by atoms with van der Waals surface area (Å²) < 4.78 is -0.299. The molecule has 0 aliphatic carbocycles. The fourth-order valence-electron chi connectivity index (χ4n) is 3.04. The molecule has 0 spiro atoms. The second kappa shape index (κ2) is 6.58. The molecule has 2 N–H and O–H groups in total. The van der Waals surface area contributed by atoms with Crippen molar-refractivity contribution in [3.05, 3.63) is 21.7 Å². The van der Waals surface area contributed by atoms with E-state index in [0.29, 0.717) is 9.80 Å². The molecule has 1 aromatic carbocycles. The van der Waals surface area contributed by atoms with Gasteiger partial charge in [-0.2, -0.15) is 0 Å². The van der Waals surface area contributed by atoms with Gasteiger partial charge >= 0.3 is 11.9 Å². The van der Waals surface area contributed by atoms with Crippen molar-refractivity contribution in [3.63, 3.8) is 0 Å².